The summed E-state index contributed by atoms with van der Waals surface area (Å²) in [6.07, 6.45) is 0.359. The number of hydrogen-bond acceptors (Lipinski definition) is 6. The lowest BCUT2D eigenvalue weighted by atomic mass is 9.70. The fourth-order valence-corrected chi connectivity index (χ4v) is 6.91. The minimum atomic E-state index is -0.853. The Morgan fingerprint density at radius 2 is 1.74 bits per heavy atom. The van der Waals surface area contributed by atoms with Crippen LogP contribution < -0.4 is 10.6 Å². The Bertz CT molecular complexity index is 1500. The van der Waals surface area contributed by atoms with E-state index in [4.69, 9.17) is 4.74 Å². The highest BCUT2D eigenvalue weighted by molar-refractivity contribution is 5.90. The van der Waals surface area contributed by atoms with E-state index >= 15 is 0 Å². The Morgan fingerprint density at radius 1 is 1.05 bits per heavy atom. The predicted molar refractivity (Wildman–Crippen MR) is 162 cm³/mol. The van der Waals surface area contributed by atoms with Crippen LogP contribution in [-0.4, -0.2) is 83.1 Å². The van der Waals surface area contributed by atoms with E-state index in [1.165, 1.54) is 0 Å². The Kier molecular flexibility index (Phi) is 7.76. The zero-order valence-electron chi connectivity index (χ0n) is 25.4. The summed E-state index contributed by atoms with van der Waals surface area (Å²) >= 11 is 0. The molecule has 3 amide bonds. The minimum Gasteiger partial charge on any atom is -0.371 e. The van der Waals surface area contributed by atoms with Crippen molar-refractivity contribution in [3.8, 4) is 0 Å². The number of nitrogens with one attached hydrogen (secondary N) is 3. The molecule has 3 heterocycles. The van der Waals surface area contributed by atoms with Gasteiger partial charge in [-0.3, -0.25) is 24.4 Å². The number of aromatic amines is 1. The molecule has 1 spiro atoms. The van der Waals surface area contributed by atoms with Crippen LogP contribution >= 0.6 is 0 Å². The summed E-state index contributed by atoms with van der Waals surface area (Å²) in [7, 11) is 1.56. The number of ether oxygens (including phenoxy) is 1. The average molecular weight is 587 g/mol. The second-order valence-corrected chi connectivity index (χ2v) is 13.3. The van der Waals surface area contributed by atoms with E-state index < -0.39 is 12.1 Å². The monoisotopic (exact) mass is 586 g/mol. The highest BCUT2D eigenvalue weighted by atomic mass is 16.5. The van der Waals surface area contributed by atoms with Gasteiger partial charge in [-0.05, 0) is 30.4 Å². The van der Waals surface area contributed by atoms with E-state index in [0.29, 0.717) is 39.3 Å². The summed E-state index contributed by atoms with van der Waals surface area (Å²) in [4.78, 5) is 44.4. The molecule has 0 unspecified atom stereocenters. The first-order chi connectivity index (χ1) is 20.6. The number of hydrogen-bond donors (Lipinski definition) is 3. The number of benzene rings is 2. The van der Waals surface area contributed by atoms with Crippen molar-refractivity contribution in [2.24, 2.45) is 22.7 Å². The third-order valence-electron chi connectivity index (χ3n) is 9.74. The summed E-state index contributed by atoms with van der Waals surface area (Å²) in [5.74, 6) is -0.612. The van der Waals surface area contributed by atoms with Crippen molar-refractivity contribution in [2.45, 2.75) is 52.5 Å². The molecule has 0 bridgehead atoms. The lowest BCUT2D eigenvalue weighted by Gasteiger charge is -2.51. The lowest BCUT2D eigenvalue weighted by Crippen LogP contribution is -2.65. The van der Waals surface area contributed by atoms with Gasteiger partial charge in [-0.1, -0.05) is 62.4 Å². The second-order valence-electron chi connectivity index (χ2n) is 13.3. The number of nitrogens with zero attached hydrogens (tertiary/aromatic N) is 3. The minimum absolute atomic E-state index is 0.0522. The second kappa shape index (κ2) is 11.4. The lowest BCUT2D eigenvalue weighted by molar-refractivity contribution is -0.152. The van der Waals surface area contributed by atoms with Crippen LogP contribution in [0.1, 0.15) is 38.4 Å². The van der Waals surface area contributed by atoms with Crippen molar-refractivity contribution in [3.05, 3.63) is 65.9 Å². The Balaban J connectivity index is 1.18. The number of carbonyl (C=O) groups is 3. The molecule has 2 aromatic carbocycles. The first kappa shape index (κ1) is 29.3. The summed E-state index contributed by atoms with van der Waals surface area (Å²) in [5.41, 5.74) is 2.58. The SMILES string of the molecule is CNC(=O)[C@@H](NC(=O)[C@H]1CN(Cc2[nH]nc3ccccc23)CC12CN(C(=O)[C@H]1CC1(C)C)C2)[C@@H](C)OCc1ccccc1. The number of rotatable bonds is 10. The molecule has 2 aliphatic heterocycles. The molecule has 4 atom stereocenters. The first-order valence-corrected chi connectivity index (χ1v) is 15.2. The Labute approximate surface area is 252 Å². The summed E-state index contributed by atoms with van der Waals surface area (Å²) in [6.45, 7) is 9.31. The molecule has 2 saturated heterocycles. The van der Waals surface area contributed by atoms with E-state index in [2.05, 4.69) is 45.6 Å². The fourth-order valence-electron chi connectivity index (χ4n) is 6.91. The average Bonchev–Trinajstić information content (AvgIpc) is 3.29. The summed E-state index contributed by atoms with van der Waals surface area (Å²) < 4.78 is 6.05. The molecule has 3 N–H and O–H groups in total. The van der Waals surface area contributed by atoms with Crippen molar-refractivity contribution < 1.29 is 19.1 Å². The highest BCUT2D eigenvalue weighted by Gasteiger charge is 2.61. The number of likely N-dealkylation sites (tertiary alicyclic amines) is 2. The molecule has 1 aliphatic carbocycles. The molecule has 1 saturated carbocycles. The molecule has 0 radical (unpaired) electrons. The molecule has 10 heteroatoms. The van der Waals surface area contributed by atoms with Crippen LogP contribution in [0, 0.1) is 22.7 Å². The van der Waals surface area contributed by atoms with Gasteiger partial charge in [0, 0.05) is 56.5 Å². The maximum absolute atomic E-state index is 14.1. The van der Waals surface area contributed by atoms with Crippen LogP contribution in [0.15, 0.2) is 54.6 Å². The molecule has 3 aliphatic rings. The van der Waals surface area contributed by atoms with Gasteiger partial charge >= 0.3 is 0 Å². The molecular weight excluding hydrogens is 544 g/mol. The number of carbonyl (C=O) groups excluding carboxylic acids is 3. The molecule has 6 rings (SSSR count). The van der Waals surface area contributed by atoms with E-state index in [1.807, 2.05) is 60.4 Å². The zero-order valence-corrected chi connectivity index (χ0v) is 25.4. The maximum atomic E-state index is 14.1. The molecule has 3 aromatic rings. The Hall–Kier alpha value is -3.76. The standard InChI is InChI=1S/C33H42N6O4/c1-21(43-17-22-10-6-5-7-11-22)28(30(41)34-4)35-29(40)25-15-38(16-27-23-12-8-9-13-26(23)36-37-27)18-33(25)19-39(20-33)31(42)24-14-32(24,2)3/h5-13,21,24-25,28H,14-20H2,1-4H3,(H,34,41)(H,35,40)(H,36,37)/t21-,24-,25-,28+/m1/s1. The van der Waals surface area contributed by atoms with Gasteiger partial charge in [-0.2, -0.15) is 5.10 Å². The van der Waals surface area contributed by atoms with Gasteiger partial charge in [-0.25, -0.2) is 0 Å². The molecule has 43 heavy (non-hydrogen) atoms. The van der Waals surface area contributed by atoms with Crippen LogP contribution in [0.25, 0.3) is 10.9 Å². The predicted octanol–water partition coefficient (Wildman–Crippen LogP) is 2.71. The van der Waals surface area contributed by atoms with Crippen LogP contribution in [0.3, 0.4) is 0 Å². The van der Waals surface area contributed by atoms with Crippen LogP contribution in [0.2, 0.25) is 0 Å². The zero-order chi connectivity index (χ0) is 30.4. The number of H-pyrrole nitrogens is 1. The van der Waals surface area contributed by atoms with Gasteiger partial charge in [0.15, 0.2) is 0 Å². The van der Waals surface area contributed by atoms with Crippen LogP contribution in [0.5, 0.6) is 0 Å². The van der Waals surface area contributed by atoms with E-state index in [9.17, 15) is 14.4 Å². The molecule has 3 fully saturated rings. The number of amides is 3. The van der Waals surface area contributed by atoms with Gasteiger partial charge in [0.1, 0.15) is 6.04 Å². The molecule has 10 nitrogen and oxygen atoms in total. The highest BCUT2D eigenvalue weighted by Crippen LogP contribution is 2.54. The van der Waals surface area contributed by atoms with E-state index in [0.717, 1.165) is 28.6 Å². The van der Waals surface area contributed by atoms with Crippen molar-refractivity contribution in [1.82, 2.24) is 30.6 Å². The third kappa shape index (κ3) is 5.78. The quantitative estimate of drug-likeness (QED) is 0.336. The van der Waals surface area contributed by atoms with Gasteiger partial charge in [0.2, 0.25) is 17.7 Å². The maximum Gasteiger partial charge on any atom is 0.245 e. The normalized spacial score (nSPS) is 23.5. The number of para-hydroxylation sites is 1. The fraction of sp³-hybridized carbons (Fsp3) is 0.515. The smallest absolute Gasteiger partial charge is 0.245 e. The van der Waals surface area contributed by atoms with Crippen molar-refractivity contribution in [2.75, 3.05) is 33.2 Å². The van der Waals surface area contributed by atoms with Crippen molar-refractivity contribution in [3.63, 3.8) is 0 Å². The van der Waals surface area contributed by atoms with Gasteiger partial charge in [-0.15, -0.1) is 0 Å². The Morgan fingerprint density at radius 3 is 2.44 bits per heavy atom. The van der Waals surface area contributed by atoms with Crippen molar-refractivity contribution in [1.29, 1.82) is 0 Å². The van der Waals surface area contributed by atoms with Gasteiger partial charge < -0.3 is 20.3 Å². The molecule has 1 aromatic heterocycles. The van der Waals surface area contributed by atoms with Crippen molar-refractivity contribution >= 4 is 28.6 Å². The molecule has 228 valence electrons. The first-order valence-electron chi connectivity index (χ1n) is 15.2. The number of aromatic nitrogens is 2. The van der Waals surface area contributed by atoms with E-state index in [1.54, 1.807) is 7.05 Å². The van der Waals surface area contributed by atoms with Crippen LogP contribution in [0.4, 0.5) is 0 Å². The molecular formula is C33H42N6O4. The largest absolute Gasteiger partial charge is 0.371 e. The summed E-state index contributed by atoms with van der Waals surface area (Å²) in [5, 5.41) is 14.4. The summed E-state index contributed by atoms with van der Waals surface area (Å²) in [6, 6.07) is 16.9. The van der Waals surface area contributed by atoms with Gasteiger partial charge in [0.25, 0.3) is 0 Å². The number of fused-ring (bicyclic) bond motifs is 1. The number of likely N-dealkylation sites (N-methyl/N-ethyl adjacent to an activating group) is 1. The van der Waals surface area contributed by atoms with Gasteiger partial charge in [0.05, 0.1) is 29.8 Å². The van der Waals surface area contributed by atoms with E-state index in [-0.39, 0.29) is 40.4 Å². The van der Waals surface area contributed by atoms with Crippen LogP contribution in [-0.2, 0) is 32.3 Å². The topological polar surface area (TPSA) is 120 Å². The third-order valence-corrected chi connectivity index (χ3v) is 9.74.